The molecule has 0 unspecified atom stereocenters. The molecular weight excluding hydrogens is 324 g/mol. The Morgan fingerprint density at radius 1 is 0.957 bits per heavy atom. The highest BCUT2D eigenvalue weighted by Gasteiger charge is 2.16. The Morgan fingerprint density at radius 2 is 1.61 bits per heavy atom. The molecule has 2 nitrogen and oxygen atoms in total. The van der Waals surface area contributed by atoms with Crippen LogP contribution < -0.4 is 0 Å². The van der Waals surface area contributed by atoms with Crippen molar-refractivity contribution < 1.29 is 9.90 Å². The van der Waals surface area contributed by atoms with Gasteiger partial charge >= 0.3 is 5.97 Å². The van der Waals surface area contributed by atoms with Crippen LogP contribution in [0.2, 0.25) is 0 Å². The fraction of sp³-hybridized carbons (Fsp3) is 0.211. The number of hydrogen-bond donors (Lipinski definition) is 1. The second-order valence-electron chi connectivity index (χ2n) is 5.27. The van der Waals surface area contributed by atoms with Gasteiger partial charge in [0.15, 0.2) is 0 Å². The fourth-order valence-corrected chi connectivity index (χ4v) is 4.67. The Morgan fingerprint density at radius 3 is 2.09 bits per heavy atom. The Balaban J connectivity index is 2.16. The van der Waals surface area contributed by atoms with Gasteiger partial charge in [0, 0.05) is 9.75 Å². The Bertz CT molecular complexity index is 829. The molecule has 0 fully saturated rings. The third-order valence-corrected chi connectivity index (χ3v) is 6.02. The molecule has 2 heterocycles. The van der Waals surface area contributed by atoms with E-state index in [2.05, 4.69) is 43.5 Å². The van der Waals surface area contributed by atoms with Crippen LogP contribution in [-0.2, 0) is 12.8 Å². The lowest BCUT2D eigenvalue weighted by atomic mass is 9.91. The number of thiophene rings is 2. The third-order valence-electron chi connectivity index (χ3n) is 4.01. The lowest BCUT2D eigenvalue weighted by Gasteiger charge is -2.16. The summed E-state index contributed by atoms with van der Waals surface area (Å²) in [6, 6.07) is 12.2. The van der Waals surface area contributed by atoms with Gasteiger partial charge in [0.1, 0.15) is 4.88 Å². The molecule has 0 aliphatic rings. The minimum Gasteiger partial charge on any atom is -0.477 e. The summed E-state index contributed by atoms with van der Waals surface area (Å²) in [5, 5.41) is 11.3. The summed E-state index contributed by atoms with van der Waals surface area (Å²) >= 11 is 3.11. The number of hydrogen-bond acceptors (Lipinski definition) is 3. The van der Waals surface area contributed by atoms with Crippen molar-refractivity contribution in [2.24, 2.45) is 0 Å². The van der Waals surface area contributed by atoms with Crippen molar-refractivity contribution in [3.8, 4) is 20.9 Å². The molecule has 0 aliphatic heterocycles. The number of carboxylic acid groups (broad SMARTS) is 1. The second-order valence-corrected chi connectivity index (χ2v) is 7.30. The van der Waals surface area contributed by atoms with Crippen molar-refractivity contribution in [1.82, 2.24) is 0 Å². The Labute approximate surface area is 144 Å². The first-order chi connectivity index (χ1) is 11.2. The van der Waals surface area contributed by atoms with Gasteiger partial charge in [-0.15, -0.1) is 22.7 Å². The highest BCUT2D eigenvalue weighted by molar-refractivity contribution is 7.17. The predicted octanol–water partition coefficient (Wildman–Crippen LogP) is 5.97. The molecule has 1 aromatic carbocycles. The summed E-state index contributed by atoms with van der Waals surface area (Å²) in [4.78, 5) is 13.9. The van der Waals surface area contributed by atoms with Crippen molar-refractivity contribution in [2.75, 3.05) is 0 Å². The Kier molecular flexibility index (Phi) is 4.64. The van der Waals surface area contributed by atoms with Gasteiger partial charge in [-0.05, 0) is 58.7 Å². The zero-order chi connectivity index (χ0) is 16.4. The molecule has 0 atom stereocenters. The molecule has 0 bridgehead atoms. The van der Waals surface area contributed by atoms with Crippen LogP contribution >= 0.6 is 22.7 Å². The summed E-state index contributed by atoms with van der Waals surface area (Å²) in [7, 11) is 0. The largest absolute Gasteiger partial charge is 0.477 e. The molecule has 118 valence electrons. The van der Waals surface area contributed by atoms with Gasteiger partial charge in [-0.1, -0.05) is 32.0 Å². The van der Waals surface area contributed by atoms with Gasteiger partial charge in [-0.2, -0.15) is 0 Å². The summed E-state index contributed by atoms with van der Waals surface area (Å²) in [5.41, 5.74) is 5.18. The summed E-state index contributed by atoms with van der Waals surface area (Å²) < 4.78 is 0. The molecule has 3 rings (SSSR count). The van der Waals surface area contributed by atoms with E-state index >= 15 is 0 Å². The maximum Gasteiger partial charge on any atom is 0.345 e. The van der Waals surface area contributed by atoms with Gasteiger partial charge in [-0.25, -0.2) is 4.79 Å². The maximum atomic E-state index is 11.1. The zero-order valence-electron chi connectivity index (χ0n) is 13.1. The van der Waals surface area contributed by atoms with Gasteiger partial charge < -0.3 is 5.11 Å². The minimum absolute atomic E-state index is 0.391. The smallest absolute Gasteiger partial charge is 0.345 e. The van der Waals surface area contributed by atoms with Crippen LogP contribution in [0.1, 0.15) is 34.6 Å². The summed E-state index contributed by atoms with van der Waals surface area (Å²) in [6.07, 6.45) is 1.92. The summed E-state index contributed by atoms with van der Waals surface area (Å²) in [5.74, 6) is -0.856. The lowest BCUT2D eigenvalue weighted by molar-refractivity contribution is 0.0702. The van der Waals surface area contributed by atoms with Crippen molar-refractivity contribution in [3.63, 3.8) is 0 Å². The zero-order valence-corrected chi connectivity index (χ0v) is 14.8. The van der Waals surface area contributed by atoms with Crippen LogP contribution in [0.25, 0.3) is 20.9 Å². The van der Waals surface area contributed by atoms with Crippen LogP contribution in [0.4, 0.5) is 0 Å². The molecular formula is C19H18O2S2. The van der Waals surface area contributed by atoms with E-state index in [1.165, 1.54) is 38.5 Å². The first kappa shape index (κ1) is 16.0. The molecule has 0 radical (unpaired) electrons. The molecule has 0 amide bonds. The molecule has 3 aromatic rings. The van der Waals surface area contributed by atoms with Crippen molar-refractivity contribution >= 4 is 28.6 Å². The number of carboxylic acids is 1. The van der Waals surface area contributed by atoms with Gasteiger partial charge in [0.2, 0.25) is 0 Å². The van der Waals surface area contributed by atoms with E-state index in [0.717, 1.165) is 17.7 Å². The SMILES string of the molecule is CCc1c(-c2cccs2)ccc(-c2ccc(C(=O)O)s2)c1CC. The van der Waals surface area contributed by atoms with Crippen LogP contribution in [0, 0.1) is 0 Å². The van der Waals surface area contributed by atoms with E-state index in [0.29, 0.717) is 4.88 Å². The van der Waals surface area contributed by atoms with Gasteiger partial charge in [0.25, 0.3) is 0 Å². The van der Waals surface area contributed by atoms with E-state index in [1.54, 1.807) is 17.4 Å². The van der Waals surface area contributed by atoms with Crippen molar-refractivity contribution in [2.45, 2.75) is 26.7 Å². The van der Waals surface area contributed by atoms with Gasteiger partial charge in [0.05, 0.1) is 0 Å². The molecule has 23 heavy (non-hydrogen) atoms. The van der Waals surface area contributed by atoms with Crippen molar-refractivity contribution in [3.05, 3.63) is 57.8 Å². The molecule has 2 aromatic heterocycles. The monoisotopic (exact) mass is 342 g/mol. The number of rotatable bonds is 5. The van der Waals surface area contributed by atoms with Gasteiger partial charge in [-0.3, -0.25) is 0 Å². The quantitative estimate of drug-likeness (QED) is 0.620. The lowest BCUT2D eigenvalue weighted by Crippen LogP contribution is -1.97. The maximum absolute atomic E-state index is 11.1. The van der Waals surface area contributed by atoms with Crippen LogP contribution in [0.15, 0.2) is 41.8 Å². The third kappa shape index (κ3) is 2.96. The van der Waals surface area contributed by atoms with E-state index in [-0.39, 0.29) is 0 Å². The topological polar surface area (TPSA) is 37.3 Å². The highest BCUT2D eigenvalue weighted by atomic mass is 32.1. The average molecular weight is 342 g/mol. The van der Waals surface area contributed by atoms with Crippen molar-refractivity contribution in [1.29, 1.82) is 0 Å². The van der Waals surface area contributed by atoms with E-state index in [4.69, 9.17) is 5.11 Å². The first-order valence-corrected chi connectivity index (χ1v) is 9.37. The average Bonchev–Trinajstić information content (AvgIpc) is 3.24. The summed E-state index contributed by atoms with van der Waals surface area (Å²) in [6.45, 7) is 4.36. The first-order valence-electron chi connectivity index (χ1n) is 7.67. The standard InChI is InChI=1S/C19H18O2S2/c1-3-12-13(4-2)15(17-9-10-18(23-17)19(20)21)8-7-14(12)16-6-5-11-22-16/h5-11H,3-4H2,1-2H3,(H,20,21). The Hall–Kier alpha value is -1.91. The predicted molar refractivity (Wildman–Crippen MR) is 98.8 cm³/mol. The molecule has 0 saturated carbocycles. The molecule has 4 heteroatoms. The minimum atomic E-state index is -0.856. The molecule has 0 saturated heterocycles. The number of carbonyl (C=O) groups is 1. The molecule has 0 aliphatic carbocycles. The normalized spacial score (nSPS) is 10.9. The number of aromatic carboxylic acids is 1. The van der Waals surface area contributed by atoms with E-state index in [1.807, 2.05) is 6.07 Å². The number of benzene rings is 1. The van der Waals surface area contributed by atoms with E-state index in [9.17, 15) is 4.79 Å². The molecule has 0 spiro atoms. The fourth-order valence-electron chi connectivity index (χ4n) is 2.99. The van der Waals surface area contributed by atoms with E-state index < -0.39 is 5.97 Å². The molecule has 1 N–H and O–H groups in total. The second kappa shape index (κ2) is 6.69. The van der Waals surface area contributed by atoms with Crippen LogP contribution in [-0.4, -0.2) is 11.1 Å². The van der Waals surface area contributed by atoms with Crippen LogP contribution in [0.5, 0.6) is 0 Å². The highest BCUT2D eigenvalue weighted by Crippen LogP contribution is 2.38. The van der Waals surface area contributed by atoms with Crippen LogP contribution in [0.3, 0.4) is 0 Å².